The quantitative estimate of drug-likeness (QED) is 0.177. The van der Waals surface area contributed by atoms with Crippen molar-refractivity contribution in [2.75, 3.05) is 44.3 Å². The van der Waals surface area contributed by atoms with E-state index in [1.807, 2.05) is 36.4 Å². The average molecular weight is 577 g/mol. The van der Waals surface area contributed by atoms with Gasteiger partial charge in [0.15, 0.2) is 5.78 Å². The normalized spacial score (nSPS) is 16.2. The van der Waals surface area contributed by atoms with Gasteiger partial charge in [0.25, 0.3) is 0 Å². The summed E-state index contributed by atoms with van der Waals surface area (Å²) in [4.78, 5) is 46.4. The van der Waals surface area contributed by atoms with E-state index >= 15 is 0 Å². The Labute approximate surface area is 251 Å². The Morgan fingerprint density at radius 2 is 1.77 bits per heavy atom. The van der Waals surface area contributed by atoms with Crippen molar-refractivity contribution in [1.29, 1.82) is 0 Å². The maximum absolute atomic E-state index is 13.2. The zero-order valence-electron chi connectivity index (χ0n) is 24.5. The number of fused-ring (bicyclic) bond motifs is 1. The number of ether oxygens (including phenoxy) is 1. The molecule has 220 valence electrons. The number of ketones is 2. The summed E-state index contributed by atoms with van der Waals surface area (Å²) in [7, 11) is 0. The number of aromatic amines is 1. The molecule has 6 rings (SSSR count). The molecule has 2 aliphatic rings. The number of morpholine rings is 1. The van der Waals surface area contributed by atoms with Crippen molar-refractivity contribution < 1.29 is 14.3 Å². The van der Waals surface area contributed by atoms with Crippen molar-refractivity contribution >= 4 is 28.4 Å². The van der Waals surface area contributed by atoms with Crippen LogP contribution in [0.3, 0.4) is 0 Å². The lowest BCUT2D eigenvalue weighted by molar-refractivity contribution is -0.115. The molecule has 0 atom stereocenters. The molecule has 2 aliphatic heterocycles. The van der Waals surface area contributed by atoms with Crippen LogP contribution in [-0.2, 0) is 22.5 Å². The third-order valence-corrected chi connectivity index (χ3v) is 8.31. The van der Waals surface area contributed by atoms with E-state index in [2.05, 4.69) is 47.6 Å². The highest BCUT2D eigenvalue weighted by atomic mass is 16.5. The molecule has 5 heterocycles. The van der Waals surface area contributed by atoms with Gasteiger partial charge in [-0.2, -0.15) is 0 Å². The first-order chi connectivity index (χ1) is 21.1. The highest BCUT2D eigenvalue weighted by Gasteiger charge is 2.22. The molecule has 3 aromatic heterocycles. The lowest BCUT2D eigenvalue weighted by Crippen LogP contribution is -2.36. The fourth-order valence-electron chi connectivity index (χ4n) is 5.97. The topological polar surface area (TPSA) is 104 Å². The van der Waals surface area contributed by atoms with Crippen molar-refractivity contribution in [2.45, 2.75) is 39.2 Å². The Morgan fingerprint density at radius 3 is 2.53 bits per heavy atom. The first-order valence-electron chi connectivity index (χ1n) is 15.0. The fourth-order valence-corrected chi connectivity index (χ4v) is 5.97. The van der Waals surface area contributed by atoms with Crippen LogP contribution in [0, 0.1) is 17.8 Å². The predicted octanol–water partition coefficient (Wildman–Crippen LogP) is 4.48. The summed E-state index contributed by atoms with van der Waals surface area (Å²) >= 11 is 0. The van der Waals surface area contributed by atoms with E-state index in [-0.39, 0.29) is 18.0 Å². The van der Waals surface area contributed by atoms with Gasteiger partial charge in [-0.15, -0.1) is 0 Å². The van der Waals surface area contributed by atoms with Gasteiger partial charge in [-0.3, -0.25) is 19.5 Å². The Bertz CT molecular complexity index is 1650. The van der Waals surface area contributed by atoms with Crippen LogP contribution in [0.4, 0.5) is 5.82 Å². The summed E-state index contributed by atoms with van der Waals surface area (Å²) in [5.74, 6) is 6.72. The summed E-state index contributed by atoms with van der Waals surface area (Å²) < 4.78 is 5.50. The molecule has 0 saturated carbocycles. The molecular weight excluding hydrogens is 540 g/mol. The Hall–Kier alpha value is -4.39. The third-order valence-electron chi connectivity index (χ3n) is 8.31. The van der Waals surface area contributed by atoms with E-state index < -0.39 is 0 Å². The van der Waals surface area contributed by atoms with E-state index in [0.717, 1.165) is 84.8 Å². The van der Waals surface area contributed by atoms with Gasteiger partial charge in [0.05, 0.1) is 18.6 Å². The zero-order valence-corrected chi connectivity index (χ0v) is 24.5. The molecule has 1 N–H and O–H groups in total. The van der Waals surface area contributed by atoms with Crippen molar-refractivity contribution in [1.82, 2.24) is 24.8 Å². The number of hydrogen-bond acceptors (Lipinski definition) is 8. The van der Waals surface area contributed by atoms with E-state index in [1.54, 1.807) is 19.4 Å². The number of hydrogen-bond donors (Lipinski definition) is 1. The number of piperidine rings is 1. The van der Waals surface area contributed by atoms with Gasteiger partial charge in [0.1, 0.15) is 23.5 Å². The number of nitrogens with zero attached hydrogens (tertiary/aromatic N) is 5. The van der Waals surface area contributed by atoms with Crippen LogP contribution >= 0.6 is 0 Å². The van der Waals surface area contributed by atoms with Crippen LogP contribution in [0.15, 0.2) is 55.0 Å². The number of aromatic nitrogens is 4. The van der Waals surface area contributed by atoms with Gasteiger partial charge in [-0.05, 0) is 79.6 Å². The number of benzene rings is 1. The fraction of sp³-hybridized carbons (Fsp3) is 0.382. The summed E-state index contributed by atoms with van der Waals surface area (Å²) in [6.07, 6.45) is 6.15. The molecule has 0 bridgehead atoms. The maximum atomic E-state index is 13.2. The van der Waals surface area contributed by atoms with Gasteiger partial charge in [-0.25, -0.2) is 9.97 Å². The average Bonchev–Trinajstić information content (AvgIpc) is 3.48. The minimum Gasteiger partial charge on any atom is -0.378 e. The van der Waals surface area contributed by atoms with Crippen LogP contribution in [0.1, 0.15) is 47.8 Å². The molecule has 43 heavy (non-hydrogen) atoms. The SMILES string of the molecule is CC#CC(=O)CC1CCN(Cc2ccnc(C(=O)Cc3ccc(-c4cc5c(N6CCOCC6)ncnc5[nH]4)cc3)c2)CC1. The molecule has 9 nitrogen and oxygen atoms in total. The van der Waals surface area contributed by atoms with Crippen LogP contribution in [-0.4, -0.2) is 75.8 Å². The number of carbonyl (C=O) groups is 2. The Balaban J connectivity index is 1.06. The monoisotopic (exact) mass is 576 g/mol. The third kappa shape index (κ3) is 6.99. The van der Waals surface area contributed by atoms with Crippen LogP contribution in [0.25, 0.3) is 22.3 Å². The van der Waals surface area contributed by atoms with Gasteiger partial charge >= 0.3 is 0 Å². The molecule has 0 radical (unpaired) electrons. The first-order valence-corrected chi connectivity index (χ1v) is 15.0. The van der Waals surface area contributed by atoms with Crippen LogP contribution < -0.4 is 4.90 Å². The first kappa shape index (κ1) is 28.7. The molecule has 4 aromatic rings. The smallest absolute Gasteiger partial charge is 0.205 e. The summed E-state index contributed by atoms with van der Waals surface area (Å²) in [6.45, 7) is 7.36. The highest BCUT2D eigenvalue weighted by molar-refractivity contribution is 5.96. The molecule has 1 aromatic carbocycles. The minimum absolute atomic E-state index is 0.0000985. The number of nitrogens with one attached hydrogen (secondary N) is 1. The Morgan fingerprint density at radius 1 is 0.977 bits per heavy atom. The number of rotatable bonds is 9. The lowest BCUT2D eigenvalue weighted by atomic mass is 9.91. The second kappa shape index (κ2) is 13.3. The summed E-state index contributed by atoms with van der Waals surface area (Å²) in [6, 6.07) is 14.1. The molecule has 0 unspecified atom stereocenters. The van der Waals surface area contributed by atoms with Crippen LogP contribution in [0.5, 0.6) is 0 Å². The molecule has 2 saturated heterocycles. The largest absolute Gasteiger partial charge is 0.378 e. The zero-order chi connectivity index (χ0) is 29.6. The van der Waals surface area contributed by atoms with E-state index in [1.165, 1.54) is 0 Å². The number of pyridine rings is 1. The molecule has 0 amide bonds. The number of Topliss-reactive ketones (excluding diaryl/α,β-unsaturated/α-hetero) is 2. The van der Waals surface area contributed by atoms with Crippen molar-refractivity contribution in [2.24, 2.45) is 5.92 Å². The number of carbonyl (C=O) groups excluding carboxylic acids is 2. The highest BCUT2D eigenvalue weighted by Crippen LogP contribution is 2.29. The summed E-state index contributed by atoms with van der Waals surface area (Å²) in [5, 5.41) is 0.992. The van der Waals surface area contributed by atoms with E-state index in [4.69, 9.17) is 4.74 Å². The van der Waals surface area contributed by atoms with E-state index in [9.17, 15) is 9.59 Å². The molecule has 9 heteroatoms. The second-order valence-corrected chi connectivity index (χ2v) is 11.3. The van der Waals surface area contributed by atoms with Crippen molar-refractivity contribution in [3.63, 3.8) is 0 Å². The maximum Gasteiger partial charge on any atom is 0.205 e. The van der Waals surface area contributed by atoms with Crippen LogP contribution in [0.2, 0.25) is 0 Å². The van der Waals surface area contributed by atoms with Crippen molar-refractivity contribution in [3.8, 4) is 23.1 Å². The number of H-pyrrole nitrogens is 1. The predicted molar refractivity (Wildman–Crippen MR) is 166 cm³/mol. The number of anilines is 1. The Kier molecular flexibility index (Phi) is 8.87. The minimum atomic E-state index is -0.0000985. The van der Waals surface area contributed by atoms with Gasteiger partial charge in [0.2, 0.25) is 5.78 Å². The van der Waals surface area contributed by atoms with Gasteiger partial charge in [0, 0.05) is 44.4 Å². The summed E-state index contributed by atoms with van der Waals surface area (Å²) in [5.41, 5.74) is 5.30. The molecule has 0 spiro atoms. The lowest BCUT2D eigenvalue weighted by Gasteiger charge is -2.31. The van der Waals surface area contributed by atoms with Gasteiger partial charge in [-0.1, -0.05) is 30.2 Å². The molecule has 0 aliphatic carbocycles. The number of likely N-dealkylation sites (tertiary alicyclic amines) is 1. The van der Waals surface area contributed by atoms with Crippen molar-refractivity contribution in [3.05, 3.63) is 71.8 Å². The van der Waals surface area contributed by atoms with E-state index in [0.29, 0.717) is 31.2 Å². The second-order valence-electron chi connectivity index (χ2n) is 11.3. The molecular formula is C34H36N6O3. The molecule has 2 fully saturated rings. The van der Waals surface area contributed by atoms with Gasteiger partial charge < -0.3 is 14.6 Å². The standard InChI is InChI=1S/C34H36N6O3/c1-2-3-28(41)18-25-9-12-39(13-10-25)22-26-8-11-35-31(19-26)32(42)20-24-4-6-27(7-5-24)30-21-29-33(38-30)36-23-37-34(29)40-14-16-43-17-15-40/h4-8,11,19,21,23,25H,9-10,12-18,20,22H2,1H3,(H,36,37,38).